The van der Waals surface area contributed by atoms with E-state index in [0.717, 1.165) is 47.1 Å². The van der Waals surface area contributed by atoms with E-state index in [9.17, 15) is 4.79 Å². The van der Waals surface area contributed by atoms with Crippen molar-refractivity contribution in [3.05, 3.63) is 24.5 Å². The summed E-state index contributed by atoms with van der Waals surface area (Å²) in [6, 6.07) is 4.14. The molecule has 0 aromatic carbocycles. The lowest BCUT2D eigenvalue weighted by atomic mass is 10.2. The molecule has 1 N–H and O–H groups in total. The van der Waals surface area contributed by atoms with Gasteiger partial charge in [-0.15, -0.1) is 0 Å². The first-order chi connectivity index (χ1) is 15.0. The molecule has 164 valence electrons. The van der Waals surface area contributed by atoms with Crippen molar-refractivity contribution in [2.75, 3.05) is 63.3 Å². The quantitative estimate of drug-likeness (QED) is 0.680. The third kappa shape index (κ3) is 3.67. The maximum Gasteiger partial charge on any atom is 0.410 e. The number of imidazole rings is 1. The lowest BCUT2D eigenvalue weighted by molar-refractivity contribution is -0.104. The number of pyridine rings is 1. The van der Waals surface area contributed by atoms with E-state index in [1.165, 1.54) is 0 Å². The van der Waals surface area contributed by atoms with Crippen LogP contribution in [0.4, 0.5) is 16.4 Å². The van der Waals surface area contributed by atoms with E-state index in [1.54, 1.807) is 4.90 Å². The maximum atomic E-state index is 12.3. The van der Waals surface area contributed by atoms with Gasteiger partial charge in [0, 0.05) is 70.8 Å². The van der Waals surface area contributed by atoms with Crippen molar-refractivity contribution in [2.24, 2.45) is 7.05 Å². The van der Waals surface area contributed by atoms with E-state index in [0.29, 0.717) is 26.3 Å². The number of fused-ring (bicyclic) bond motifs is 1. The molecule has 2 aliphatic heterocycles. The van der Waals surface area contributed by atoms with Crippen molar-refractivity contribution >= 4 is 28.8 Å². The molecular weight excluding hydrogens is 398 g/mol. The fraction of sp³-hybridized carbons (Fsp3) is 0.476. The Morgan fingerprint density at radius 1 is 1.26 bits per heavy atom. The molecule has 10 nitrogen and oxygen atoms in total. The van der Waals surface area contributed by atoms with Crippen LogP contribution in [0.1, 0.15) is 0 Å². The minimum absolute atomic E-state index is 0.0942. The van der Waals surface area contributed by atoms with Crippen molar-refractivity contribution in [1.82, 2.24) is 24.4 Å². The standard InChI is InChI=1S/C21H27N7O3/c1-25(2)20-24-17(11-26(20)3)16-10-15-18(4-5-22-19(15)23-16)27-6-8-28(9-7-27)21(29)31-14-12-30-13-14/h4-5,10-11,14H,6-9,12-13H2,1-3H3,(H,22,23). The Labute approximate surface area is 180 Å². The predicted octanol–water partition coefficient (Wildman–Crippen LogP) is 1.69. The number of piperazine rings is 1. The number of aromatic amines is 1. The van der Waals surface area contributed by atoms with E-state index in [-0.39, 0.29) is 12.2 Å². The minimum atomic E-state index is -0.247. The van der Waals surface area contributed by atoms with E-state index in [1.807, 2.05) is 49.1 Å². The normalized spacial score (nSPS) is 17.1. The Morgan fingerprint density at radius 2 is 2.03 bits per heavy atom. The van der Waals surface area contributed by atoms with Crippen LogP contribution >= 0.6 is 0 Å². The van der Waals surface area contributed by atoms with Gasteiger partial charge in [0.25, 0.3) is 0 Å². The largest absolute Gasteiger partial charge is 0.441 e. The molecule has 0 saturated carbocycles. The van der Waals surface area contributed by atoms with Crippen molar-refractivity contribution in [3.63, 3.8) is 0 Å². The van der Waals surface area contributed by atoms with Crippen LogP contribution in [0.2, 0.25) is 0 Å². The number of anilines is 2. The highest BCUT2D eigenvalue weighted by atomic mass is 16.6. The molecule has 0 aliphatic carbocycles. The second kappa shape index (κ2) is 7.77. The van der Waals surface area contributed by atoms with Crippen LogP contribution in [0, 0.1) is 0 Å². The highest BCUT2D eigenvalue weighted by Crippen LogP contribution is 2.31. The molecule has 1 amide bonds. The smallest absolute Gasteiger partial charge is 0.410 e. The topological polar surface area (TPSA) is 91.8 Å². The van der Waals surface area contributed by atoms with E-state index in [2.05, 4.69) is 20.9 Å². The molecule has 5 heterocycles. The molecule has 10 heteroatoms. The summed E-state index contributed by atoms with van der Waals surface area (Å²) in [4.78, 5) is 31.0. The van der Waals surface area contributed by atoms with Crippen LogP contribution in [0.3, 0.4) is 0 Å². The first kappa shape index (κ1) is 19.7. The van der Waals surface area contributed by atoms with Crippen LogP contribution < -0.4 is 9.80 Å². The molecular formula is C21H27N7O3. The summed E-state index contributed by atoms with van der Waals surface area (Å²) in [5.41, 5.74) is 3.75. The molecule has 0 bridgehead atoms. The summed E-state index contributed by atoms with van der Waals surface area (Å²) in [7, 11) is 5.94. The molecule has 3 aromatic heterocycles. The third-order valence-electron chi connectivity index (χ3n) is 5.79. The number of rotatable bonds is 4. The van der Waals surface area contributed by atoms with Gasteiger partial charge >= 0.3 is 6.09 Å². The highest BCUT2D eigenvalue weighted by Gasteiger charge is 2.28. The van der Waals surface area contributed by atoms with Crippen LogP contribution in [-0.4, -0.2) is 90.1 Å². The molecule has 2 aliphatic rings. The Kier molecular flexibility index (Phi) is 4.93. The minimum Gasteiger partial charge on any atom is -0.441 e. The number of H-pyrrole nitrogens is 1. The fourth-order valence-corrected chi connectivity index (χ4v) is 4.06. The second-order valence-corrected chi connectivity index (χ2v) is 8.22. The average molecular weight is 425 g/mol. The van der Waals surface area contributed by atoms with E-state index >= 15 is 0 Å². The van der Waals surface area contributed by atoms with Crippen LogP contribution in [0.25, 0.3) is 22.4 Å². The number of nitrogens with one attached hydrogen (secondary N) is 1. The zero-order valence-corrected chi connectivity index (χ0v) is 18.0. The number of amides is 1. The van der Waals surface area contributed by atoms with Gasteiger partial charge in [-0.2, -0.15) is 0 Å². The van der Waals surface area contributed by atoms with Gasteiger partial charge in [0.05, 0.1) is 18.9 Å². The first-order valence-corrected chi connectivity index (χ1v) is 10.5. The van der Waals surface area contributed by atoms with Crippen LogP contribution in [0.15, 0.2) is 24.5 Å². The molecule has 31 heavy (non-hydrogen) atoms. The summed E-state index contributed by atoms with van der Waals surface area (Å²) in [5.74, 6) is 0.887. The average Bonchev–Trinajstić information content (AvgIpc) is 3.34. The van der Waals surface area contributed by atoms with Gasteiger partial charge in [0.1, 0.15) is 11.3 Å². The Balaban J connectivity index is 1.34. The van der Waals surface area contributed by atoms with Crippen molar-refractivity contribution < 1.29 is 14.3 Å². The van der Waals surface area contributed by atoms with Gasteiger partial charge < -0.3 is 33.7 Å². The maximum absolute atomic E-state index is 12.3. The van der Waals surface area contributed by atoms with Gasteiger partial charge in [0.15, 0.2) is 6.10 Å². The SMILES string of the molecule is CN(C)c1nc(-c2cc3c(N4CCN(C(=O)OC5COC5)CC4)ccnc3[nH]2)cn1C. The fourth-order valence-electron chi connectivity index (χ4n) is 4.06. The number of carbonyl (C=O) groups excluding carboxylic acids is 1. The van der Waals surface area contributed by atoms with Gasteiger partial charge in [0.2, 0.25) is 5.95 Å². The summed E-state index contributed by atoms with van der Waals surface area (Å²) < 4.78 is 12.5. The zero-order chi connectivity index (χ0) is 21.5. The number of ether oxygens (including phenoxy) is 2. The Hall–Kier alpha value is -3.27. The second-order valence-electron chi connectivity index (χ2n) is 8.22. The molecule has 5 rings (SSSR count). The van der Waals surface area contributed by atoms with Gasteiger partial charge in [-0.1, -0.05) is 0 Å². The Bertz CT molecular complexity index is 1090. The predicted molar refractivity (Wildman–Crippen MR) is 117 cm³/mol. The number of carbonyl (C=O) groups is 1. The summed E-state index contributed by atoms with van der Waals surface area (Å²) in [6.45, 7) is 3.74. The summed E-state index contributed by atoms with van der Waals surface area (Å²) in [6.07, 6.45) is 3.49. The third-order valence-corrected chi connectivity index (χ3v) is 5.79. The molecule has 2 saturated heterocycles. The monoisotopic (exact) mass is 425 g/mol. The van der Waals surface area contributed by atoms with E-state index < -0.39 is 0 Å². The molecule has 0 radical (unpaired) electrons. The number of hydrogen-bond donors (Lipinski definition) is 1. The highest BCUT2D eigenvalue weighted by molar-refractivity contribution is 5.93. The lowest BCUT2D eigenvalue weighted by Gasteiger charge is -2.37. The summed E-state index contributed by atoms with van der Waals surface area (Å²) in [5, 5.41) is 1.05. The van der Waals surface area contributed by atoms with Crippen molar-refractivity contribution in [3.8, 4) is 11.4 Å². The zero-order valence-electron chi connectivity index (χ0n) is 18.0. The van der Waals surface area contributed by atoms with Crippen molar-refractivity contribution in [1.29, 1.82) is 0 Å². The van der Waals surface area contributed by atoms with Gasteiger partial charge in [-0.3, -0.25) is 0 Å². The van der Waals surface area contributed by atoms with Gasteiger partial charge in [-0.05, 0) is 12.1 Å². The summed E-state index contributed by atoms with van der Waals surface area (Å²) >= 11 is 0. The first-order valence-electron chi connectivity index (χ1n) is 10.5. The molecule has 2 fully saturated rings. The number of hydrogen-bond acceptors (Lipinski definition) is 7. The van der Waals surface area contributed by atoms with Crippen LogP contribution in [0.5, 0.6) is 0 Å². The molecule has 0 unspecified atom stereocenters. The lowest BCUT2D eigenvalue weighted by Crippen LogP contribution is -2.51. The van der Waals surface area contributed by atoms with E-state index in [4.69, 9.17) is 14.5 Å². The van der Waals surface area contributed by atoms with Crippen LogP contribution in [-0.2, 0) is 16.5 Å². The number of aromatic nitrogens is 4. The number of nitrogens with zero attached hydrogens (tertiary/aromatic N) is 6. The molecule has 0 atom stereocenters. The van der Waals surface area contributed by atoms with Crippen molar-refractivity contribution in [2.45, 2.75) is 6.10 Å². The van der Waals surface area contributed by atoms with Gasteiger partial charge in [-0.25, -0.2) is 14.8 Å². The number of aryl methyl sites for hydroxylation is 1. The Morgan fingerprint density at radius 3 is 2.68 bits per heavy atom. The molecule has 0 spiro atoms. The molecule has 3 aromatic rings.